The number of fused-ring (bicyclic) bond motifs is 6. The molecule has 0 fully saturated rings. The average molecular weight is 378 g/mol. The van der Waals surface area contributed by atoms with Crippen molar-refractivity contribution in [3.8, 4) is 0 Å². The molecule has 29 heavy (non-hydrogen) atoms. The Bertz CT molecular complexity index is 1410. The summed E-state index contributed by atoms with van der Waals surface area (Å²) in [4.78, 5) is 4.74. The van der Waals surface area contributed by atoms with Crippen LogP contribution in [0.25, 0.3) is 32.7 Å². The van der Waals surface area contributed by atoms with Crippen molar-refractivity contribution in [1.82, 2.24) is 0 Å². The maximum atomic E-state index is 6.40. The molecule has 0 bridgehead atoms. The Morgan fingerprint density at radius 3 is 2.38 bits per heavy atom. The summed E-state index contributed by atoms with van der Waals surface area (Å²) in [6.45, 7) is 4.42. The molecule has 1 aliphatic heterocycles. The number of benzene rings is 4. The zero-order valence-electron chi connectivity index (χ0n) is 16.8. The monoisotopic (exact) mass is 378 g/mol. The van der Waals surface area contributed by atoms with Crippen LogP contribution < -0.4 is 9.80 Å². The molecule has 0 saturated carbocycles. The Balaban J connectivity index is 1.63. The number of furan rings is 1. The molecular weight excluding hydrogens is 356 g/mol. The van der Waals surface area contributed by atoms with Crippen LogP contribution in [0.4, 0.5) is 17.1 Å². The standard InChI is InChI=1S/C26H22N2O/c1-16-21(28-17(2)27(3)22-10-6-7-11-23(22)28)14-13-20-25-19-9-5-4-8-18(19)12-15-24(25)29-26(16)20/h4-15,17H,1-3H3/t17-/m0/s1. The van der Waals surface area contributed by atoms with E-state index in [1.54, 1.807) is 0 Å². The Morgan fingerprint density at radius 2 is 1.52 bits per heavy atom. The highest BCUT2D eigenvalue weighted by atomic mass is 16.3. The molecule has 1 aliphatic rings. The molecule has 1 aromatic heterocycles. The third kappa shape index (κ3) is 2.13. The van der Waals surface area contributed by atoms with Crippen molar-refractivity contribution in [2.24, 2.45) is 0 Å². The first kappa shape index (κ1) is 16.5. The molecule has 0 saturated heterocycles. The number of rotatable bonds is 1. The second kappa shape index (κ2) is 5.77. The summed E-state index contributed by atoms with van der Waals surface area (Å²) in [6.07, 6.45) is 0.244. The molecule has 0 amide bonds. The fourth-order valence-corrected chi connectivity index (χ4v) is 4.87. The number of hydrogen-bond donors (Lipinski definition) is 0. The molecule has 0 unspecified atom stereocenters. The van der Waals surface area contributed by atoms with Crippen molar-refractivity contribution in [2.75, 3.05) is 16.8 Å². The highest BCUT2D eigenvalue weighted by Crippen LogP contribution is 2.46. The zero-order valence-corrected chi connectivity index (χ0v) is 16.8. The molecule has 3 nitrogen and oxygen atoms in total. The smallest absolute Gasteiger partial charge is 0.140 e. The third-order valence-electron chi connectivity index (χ3n) is 6.46. The number of nitrogens with zero attached hydrogens (tertiary/aromatic N) is 2. The third-order valence-corrected chi connectivity index (χ3v) is 6.46. The second-order valence-corrected chi connectivity index (χ2v) is 7.95. The number of hydrogen-bond acceptors (Lipinski definition) is 3. The molecule has 0 radical (unpaired) electrons. The van der Waals surface area contributed by atoms with Crippen LogP contribution in [0.2, 0.25) is 0 Å². The van der Waals surface area contributed by atoms with E-state index in [0.29, 0.717) is 0 Å². The van der Waals surface area contributed by atoms with E-state index in [9.17, 15) is 0 Å². The molecule has 142 valence electrons. The van der Waals surface area contributed by atoms with Gasteiger partial charge in [0.1, 0.15) is 17.3 Å². The number of para-hydroxylation sites is 2. The van der Waals surface area contributed by atoms with Gasteiger partial charge in [0.05, 0.1) is 11.4 Å². The highest BCUT2D eigenvalue weighted by Gasteiger charge is 2.32. The molecular formula is C26H22N2O. The lowest BCUT2D eigenvalue weighted by molar-refractivity contribution is 0.665. The van der Waals surface area contributed by atoms with E-state index in [-0.39, 0.29) is 6.17 Å². The predicted octanol–water partition coefficient (Wildman–Crippen LogP) is 6.98. The quantitative estimate of drug-likeness (QED) is 0.314. The molecule has 0 aliphatic carbocycles. The zero-order chi connectivity index (χ0) is 19.7. The molecule has 6 rings (SSSR count). The van der Waals surface area contributed by atoms with Gasteiger partial charge in [-0.15, -0.1) is 0 Å². The van der Waals surface area contributed by atoms with Gasteiger partial charge in [0.2, 0.25) is 0 Å². The number of aryl methyl sites for hydroxylation is 1. The lowest BCUT2D eigenvalue weighted by Gasteiger charge is -2.29. The molecule has 0 N–H and O–H groups in total. The fourth-order valence-electron chi connectivity index (χ4n) is 4.87. The van der Waals surface area contributed by atoms with Gasteiger partial charge in [-0.2, -0.15) is 0 Å². The van der Waals surface area contributed by atoms with Gasteiger partial charge in [-0.1, -0.05) is 42.5 Å². The molecule has 1 atom stereocenters. The van der Waals surface area contributed by atoms with Crippen LogP contribution in [0.5, 0.6) is 0 Å². The number of anilines is 3. The summed E-state index contributed by atoms with van der Waals surface area (Å²) < 4.78 is 6.40. The van der Waals surface area contributed by atoms with E-state index in [1.807, 2.05) is 0 Å². The van der Waals surface area contributed by atoms with E-state index in [4.69, 9.17) is 4.42 Å². The minimum Gasteiger partial charge on any atom is -0.456 e. The fraction of sp³-hybridized carbons (Fsp3) is 0.154. The van der Waals surface area contributed by atoms with Crippen LogP contribution in [-0.4, -0.2) is 13.2 Å². The van der Waals surface area contributed by atoms with Crippen molar-refractivity contribution in [1.29, 1.82) is 0 Å². The van der Waals surface area contributed by atoms with Crippen molar-refractivity contribution in [3.05, 3.63) is 78.4 Å². The van der Waals surface area contributed by atoms with Crippen molar-refractivity contribution >= 4 is 49.8 Å². The first-order chi connectivity index (χ1) is 14.1. The maximum absolute atomic E-state index is 6.40. The Hall–Kier alpha value is -3.46. The van der Waals surface area contributed by atoms with Crippen LogP contribution in [0.15, 0.2) is 77.2 Å². The average Bonchev–Trinajstić information content (AvgIpc) is 3.26. The first-order valence-corrected chi connectivity index (χ1v) is 10.1. The SMILES string of the molecule is Cc1c(N2c3ccccc3N(C)[C@@H]2C)ccc2c1oc1ccc3ccccc3c12. The lowest BCUT2D eigenvalue weighted by Crippen LogP contribution is -2.35. The second-order valence-electron chi connectivity index (χ2n) is 7.95. The van der Waals surface area contributed by atoms with Crippen LogP contribution >= 0.6 is 0 Å². The molecule has 5 aromatic rings. The van der Waals surface area contributed by atoms with Crippen molar-refractivity contribution in [3.63, 3.8) is 0 Å². The first-order valence-electron chi connectivity index (χ1n) is 10.1. The van der Waals surface area contributed by atoms with Crippen LogP contribution in [0, 0.1) is 6.92 Å². The highest BCUT2D eigenvalue weighted by molar-refractivity contribution is 6.19. The van der Waals surface area contributed by atoms with Gasteiger partial charge in [0.15, 0.2) is 0 Å². The summed E-state index contributed by atoms with van der Waals surface area (Å²) in [5.74, 6) is 0. The van der Waals surface area contributed by atoms with Gasteiger partial charge in [-0.05, 0) is 55.0 Å². The largest absolute Gasteiger partial charge is 0.456 e. The van der Waals surface area contributed by atoms with Crippen LogP contribution in [0.3, 0.4) is 0 Å². The minimum absolute atomic E-state index is 0.244. The van der Waals surface area contributed by atoms with Gasteiger partial charge in [-0.25, -0.2) is 0 Å². The van der Waals surface area contributed by atoms with Gasteiger partial charge in [0.25, 0.3) is 0 Å². The van der Waals surface area contributed by atoms with Crippen molar-refractivity contribution in [2.45, 2.75) is 20.0 Å². The van der Waals surface area contributed by atoms with Crippen LogP contribution in [-0.2, 0) is 0 Å². The minimum atomic E-state index is 0.244. The summed E-state index contributed by atoms with van der Waals surface area (Å²) in [5, 5.41) is 4.88. The summed E-state index contributed by atoms with van der Waals surface area (Å²) >= 11 is 0. The topological polar surface area (TPSA) is 19.6 Å². The Morgan fingerprint density at radius 1 is 0.759 bits per heavy atom. The van der Waals surface area contributed by atoms with E-state index < -0.39 is 0 Å². The normalized spacial score (nSPS) is 16.3. The van der Waals surface area contributed by atoms with Crippen molar-refractivity contribution < 1.29 is 4.42 Å². The van der Waals surface area contributed by atoms with E-state index >= 15 is 0 Å². The molecule has 0 spiro atoms. The predicted molar refractivity (Wildman–Crippen MR) is 122 cm³/mol. The summed E-state index contributed by atoms with van der Waals surface area (Å²) in [5.41, 5.74) is 6.81. The Labute approximate surface area is 169 Å². The molecule has 3 heteroatoms. The van der Waals surface area contributed by atoms with Gasteiger partial charge >= 0.3 is 0 Å². The van der Waals surface area contributed by atoms with E-state index in [1.165, 1.54) is 44.2 Å². The lowest BCUT2D eigenvalue weighted by atomic mass is 10.0. The van der Waals surface area contributed by atoms with Gasteiger partial charge < -0.3 is 14.2 Å². The summed E-state index contributed by atoms with van der Waals surface area (Å²) in [6, 6.07) is 25.8. The van der Waals surface area contributed by atoms with Gasteiger partial charge in [-0.3, -0.25) is 0 Å². The maximum Gasteiger partial charge on any atom is 0.140 e. The van der Waals surface area contributed by atoms with E-state index in [2.05, 4.69) is 103 Å². The van der Waals surface area contributed by atoms with Crippen LogP contribution in [0.1, 0.15) is 12.5 Å². The van der Waals surface area contributed by atoms with E-state index in [0.717, 1.165) is 11.2 Å². The summed E-state index contributed by atoms with van der Waals surface area (Å²) in [7, 11) is 2.16. The van der Waals surface area contributed by atoms with Gasteiger partial charge in [0, 0.05) is 29.1 Å². The Kier molecular flexibility index (Phi) is 3.28. The molecule has 4 aromatic carbocycles. The molecule has 2 heterocycles.